The fourth-order valence-electron chi connectivity index (χ4n) is 3.55. The first-order chi connectivity index (χ1) is 13.1. The van der Waals surface area contributed by atoms with Crippen molar-refractivity contribution in [1.29, 1.82) is 0 Å². The Hall–Kier alpha value is -2.91. The quantitative estimate of drug-likeness (QED) is 0.609. The van der Waals surface area contributed by atoms with Crippen molar-refractivity contribution in [2.75, 3.05) is 16.3 Å². The Labute approximate surface area is 164 Å². The van der Waals surface area contributed by atoms with Crippen LogP contribution in [0.4, 0.5) is 11.4 Å². The summed E-state index contributed by atoms with van der Waals surface area (Å²) in [5, 5.41) is 10.4. The highest BCUT2D eigenvalue weighted by Gasteiger charge is 2.31. The maximum absolute atomic E-state index is 9.68. The lowest BCUT2D eigenvalue weighted by molar-refractivity contribution is 0.475. The Morgan fingerprint density at radius 1 is 0.852 bits per heavy atom. The van der Waals surface area contributed by atoms with Crippen LogP contribution >= 0.6 is 11.6 Å². The monoisotopic (exact) mass is 376 g/mol. The topological polar surface area (TPSA) is 26.7 Å². The molecule has 0 aliphatic carbocycles. The number of phenolic OH excluding ortho intramolecular Hbond substituents is 1. The number of aromatic hydroxyl groups is 1. The van der Waals surface area contributed by atoms with Crippen molar-refractivity contribution in [3.63, 3.8) is 0 Å². The number of halogens is 1. The van der Waals surface area contributed by atoms with E-state index in [1.807, 2.05) is 30.3 Å². The third-order valence-electron chi connectivity index (χ3n) is 4.89. The van der Waals surface area contributed by atoms with E-state index >= 15 is 0 Å². The fourth-order valence-corrected chi connectivity index (χ4v) is 3.68. The fraction of sp³-hybridized carbons (Fsp3) is 0.130. The van der Waals surface area contributed by atoms with Crippen LogP contribution in [-0.4, -0.2) is 11.7 Å². The second-order valence-corrected chi connectivity index (χ2v) is 7.08. The van der Waals surface area contributed by atoms with E-state index in [2.05, 4.69) is 59.2 Å². The molecule has 1 aliphatic heterocycles. The van der Waals surface area contributed by atoms with Gasteiger partial charge in [-0.25, -0.2) is 0 Å². The van der Waals surface area contributed by atoms with Gasteiger partial charge in [-0.05, 0) is 67.1 Å². The molecule has 0 saturated heterocycles. The highest BCUT2D eigenvalue weighted by Crippen LogP contribution is 2.39. The number of phenols is 1. The summed E-state index contributed by atoms with van der Waals surface area (Å²) in [7, 11) is 0. The molecule has 4 rings (SSSR count). The minimum absolute atomic E-state index is 0.00178. The molecule has 1 N–H and O–H groups in total. The van der Waals surface area contributed by atoms with Gasteiger partial charge in [0.25, 0.3) is 0 Å². The van der Waals surface area contributed by atoms with Gasteiger partial charge >= 0.3 is 0 Å². The number of nitrogens with zero attached hydrogens (tertiary/aromatic N) is 2. The largest absolute Gasteiger partial charge is 0.508 e. The number of allylic oxidation sites excluding steroid dienone is 1. The van der Waals surface area contributed by atoms with Crippen molar-refractivity contribution in [3.8, 4) is 5.75 Å². The van der Waals surface area contributed by atoms with E-state index in [0.717, 1.165) is 22.9 Å². The van der Waals surface area contributed by atoms with E-state index in [1.165, 1.54) is 11.3 Å². The minimum Gasteiger partial charge on any atom is -0.508 e. The first-order valence-electron chi connectivity index (χ1n) is 8.96. The highest BCUT2D eigenvalue weighted by molar-refractivity contribution is 6.30. The minimum atomic E-state index is 0.00178. The molecule has 1 unspecified atom stereocenters. The van der Waals surface area contributed by atoms with Gasteiger partial charge in [0.15, 0.2) is 0 Å². The number of benzene rings is 3. The van der Waals surface area contributed by atoms with Crippen molar-refractivity contribution in [2.24, 2.45) is 0 Å². The Bertz CT molecular complexity index is 936. The number of hydrogen-bond donors (Lipinski definition) is 1. The Morgan fingerprint density at radius 3 is 2.15 bits per heavy atom. The Morgan fingerprint density at radius 2 is 1.48 bits per heavy atom. The van der Waals surface area contributed by atoms with E-state index in [4.69, 9.17) is 11.6 Å². The average molecular weight is 377 g/mol. The van der Waals surface area contributed by atoms with Gasteiger partial charge in [0.05, 0.1) is 0 Å². The average Bonchev–Trinajstić information content (AvgIpc) is 2.70. The maximum atomic E-state index is 9.68. The molecule has 1 aliphatic rings. The summed E-state index contributed by atoms with van der Waals surface area (Å²) in [5.74, 6) is 0.272. The van der Waals surface area contributed by atoms with Crippen molar-refractivity contribution in [2.45, 2.75) is 13.1 Å². The molecule has 0 fully saturated rings. The molecule has 1 atom stereocenters. The van der Waals surface area contributed by atoms with Gasteiger partial charge in [-0.1, -0.05) is 41.9 Å². The van der Waals surface area contributed by atoms with Crippen LogP contribution in [0.15, 0.2) is 90.6 Å². The molecule has 0 radical (unpaired) electrons. The van der Waals surface area contributed by atoms with Crippen LogP contribution < -0.4 is 9.80 Å². The number of anilines is 2. The lowest BCUT2D eigenvalue weighted by Gasteiger charge is -2.46. The molecule has 136 valence electrons. The zero-order chi connectivity index (χ0) is 18.8. The third-order valence-corrected chi connectivity index (χ3v) is 5.14. The number of hydrogen-bond acceptors (Lipinski definition) is 3. The third kappa shape index (κ3) is 3.51. The zero-order valence-corrected chi connectivity index (χ0v) is 15.8. The second kappa shape index (κ2) is 7.37. The summed E-state index contributed by atoms with van der Waals surface area (Å²) < 4.78 is 0. The van der Waals surface area contributed by atoms with Crippen LogP contribution in [0.2, 0.25) is 5.02 Å². The normalized spacial score (nSPS) is 17.0. The predicted octanol–water partition coefficient (Wildman–Crippen LogP) is 5.97. The summed E-state index contributed by atoms with van der Waals surface area (Å²) in [6.07, 6.45) is 2.22. The van der Waals surface area contributed by atoms with Gasteiger partial charge in [0.1, 0.15) is 11.9 Å². The molecule has 0 amide bonds. The van der Waals surface area contributed by atoms with Crippen molar-refractivity contribution >= 4 is 23.0 Å². The van der Waals surface area contributed by atoms with E-state index in [0.29, 0.717) is 0 Å². The van der Waals surface area contributed by atoms with E-state index < -0.39 is 0 Å². The maximum Gasteiger partial charge on any atom is 0.132 e. The first-order valence-corrected chi connectivity index (χ1v) is 9.33. The van der Waals surface area contributed by atoms with Crippen LogP contribution in [0.1, 0.15) is 18.7 Å². The Balaban J connectivity index is 1.84. The molecule has 0 aromatic heterocycles. The van der Waals surface area contributed by atoms with E-state index in [-0.39, 0.29) is 11.9 Å². The van der Waals surface area contributed by atoms with Crippen LogP contribution in [-0.2, 0) is 0 Å². The summed E-state index contributed by atoms with van der Waals surface area (Å²) in [6, 6.07) is 25.8. The van der Waals surface area contributed by atoms with Gasteiger partial charge in [-0.2, -0.15) is 0 Å². The number of rotatable bonds is 3. The van der Waals surface area contributed by atoms with Gasteiger partial charge in [0.2, 0.25) is 0 Å². The zero-order valence-electron chi connectivity index (χ0n) is 15.1. The van der Waals surface area contributed by atoms with Crippen LogP contribution in [0, 0.1) is 0 Å². The van der Waals surface area contributed by atoms with Gasteiger partial charge in [-0.3, -0.25) is 0 Å². The van der Waals surface area contributed by atoms with Crippen molar-refractivity contribution in [3.05, 3.63) is 101 Å². The smallest absolute Gasteiger partial charge is 0.132 e. The molecule has 0 saturated carbocycles. The summed E-state index contributed by atoms with van der Waals surface area (Å²) >= 11 is 6.11. The standard InChI is InChI=1S/C23H21ClN2O/c1-17-15-16-25(20-11-13-22(27)14-12-20)23(18-5-3-2-4-6-18)26(17)21-9-7-19(24)8-10-21/h2-15,23,27H,16H2,1H3. The molecular weight excluding hydrogens is 356 g/mol. The van der Waals surface area contributed by atoms with Crippen molar-refractivity contribution in [1.82, 2.24) is 0 Å². The van der Waals surface area contributed by atoms with Crippen LogP contribution in [0.5, 0.6) is 5.75 Å². The molecule has 4 heteroatoms. The van der Waals surface area contributed by atoms with Gasteiger partial charge in [-0.15, -0.1) is 0 Å². The second-order valence-electron chi connectivity index (χ2n) is 6.65. The lowest BCUT2D eigenvalue weighted by atomic mass is 10.0. The molecule has 3 aromatic rings. The molecule has 3 nitrogen and oxygen atoms in total. The van der Waals surface area contributed by atoms with Crippen LogP contribution in [0.3, 0.4) is 0 Å². The van der Waals surface area contributed by atoms with Crippen molar-refractivity contribution < 1.29 is 5.11 Å². The summed E-state index contributed by atoms with van der Waals surface area (Å²) in [4.78, 5) is 4.65. The SMILES string of the molecule is CC1=CCN(c2ccc(O)cc2)C(c2ccccc2)N1c1ccc(Cl)cc1. The molecule has 3 aromatic carbocycles. The van der Waals surface area contributed by atoms with E-state index in [9.17, 15) is 5.11 Å². The summed E-state index contributed by atoms with van der Waals surface area (Å²) in [5.41, 5.74) is 4.55. The first kappa shape index (κ1) is 17.5. The van der Waals surface area contributed by atoms with Gasteiger partial charge < -0.3 is 14.9 Å². The molecular formula is C23H21ClN2O. The molecule has 1 heterocycles. The molecule has 0 bridgehead atoms. The molecule has 27 heavy (non-hydrogen) atoms. The highest BCUT2D eigenvalue weighted by atomic mass is 35.5. The predicted molar refractivity (Wildman–Crippen MR) is 112 cm³/mol. The van der Waals surface area contributed by atoms with E-state index in [1.54, 1.807) is 12.1 Å². The van der Waals surface area contributed by atoms with Crippen LogP contribution in [0.25, 0.3) is 0 Å². The molecule has 0 spiro atoms. The van der Waals surface area contributed by atoms with Gasteiger partial charge in [0, 0.05) is 28.6 Å². The lowest BCUT2D eigenvalue weighted by Crippen LogP contribution is -2.44. The summed E-state index contributed by atoms with van der Waals surface area (Å²) in [6.45, 7) is 2.93. The Kier molecular flexibility index (Phi) is 4.78.